The summed E-state index contributed by atoms with van der Waals surface area (Å²) in [4.78, 5) is 42.0. The lowest BCUT2D eigenvalue weighted by Gasteiger charge is -2.17. The molecule has 170 valence electrons. The number of nitrogens with one attached hydrogen (secondary N) is 1. The Labute approximate surface area is 187 Å². The van der Waals surface area contributed by atoms with Gasteiger partial charge in [-0.2, -0.15) is 0 Å². The quantitative estimate of drug-likeness (QED) is 0.432. The number of amides is 3. The van der Waals surface area contributed by atoms with Crippen LogP contribution in [0.3, 0.4) is 0 Å². The van der Waals surface area contributed by atoms with Crippen LogP contribution in [0.15, 0.2) is 36.2 Å². The Morgan fingerprint density at radius 1 is 1.22 bits per heavy atom. The summed E-state index contributed by atoms with van der Waals surface area (Å²) in [5, 5.41) is 11.5. The SMILES string of the molecule is CCCCc1ncc(/C=C2\C(=O)NC(=O)N2CCC(C)C)n1Cc1ccc(C(=O)O)cc1. The summed E-state index contributed by atoms with van der Waals surface area (Å²) >= 11 is 0. The number of hydrogen-bond donors (Lipinski definition) is 2. The van der Waals surface area contributed by atoms with Gasteiger partial charge < -0.3 is 9.67 Å². The zero-order valence-electron chi connectivity index (χ0n) is 18.8. The van der Waals surface area contributed by atoms with E-state index in [0.717, 1.165) is 42.8 Å². The van der Waals surface area contributed by atoms with Crippen LogP contribution in [0.1, 0.15) is 67.5 Å². The zero-order chi connectivity index (χ0) is 23.3. The van der Waals surface area contributed by atoms with E-state index in [9.17, 15) is 14.4 Å². The van der Waals surface area contributed by atoms with Crippen molar-refractivity contribution in [2.75, 3.05) is 6.54 Å². The molecule has 2 N–H and O–H groups in total. The van der Waals surface area contributed by atoms with E-state index >= 15 is 0 Å². The monoisotopic (exact) mass is 438 g/mol. The van der Waals surface area contributed by atoms with E-state index < -0.39 is 17.9 Å². The minimum absolute atomic E-state index is 0.231. The van der Waals surface area contributed by atoms with E-state index in [0.29, 0.717) is 24.7 Å². The fourth-order valence-corrected chi connectivity index (χ4v) is 3.55. The molecule has 32 heavy (non-hydrogen) atoms. The van der Waals surface area contributed by atoms with Crippen LogP contribution in [0.4, 0.5) is 4.79 Å². The van der Waals surface area contributed by atoms with Crippen LogP contribution in [0.2, 0.25) is 0 Å². The lowest BCUT2D eigenvalue weighted by molar-refractivity contribution is -0.116. The number of imidazole rings is 1. The topological polar surface area (TPSA) is 105 Å². The highest BCUT2D eigenvalue weighted by molar-refractivity contribution is 6.13. The maximum absolute atomic E-state index is 12.5. The fourth-order valence-electron chi connectivity index (χ4n) is 3.55. The van der Waals surface area contributed by atoms with Gasteiger partial charge in [0.15, 0.2) is 0 Å². The number of benzene rings is 1. The first-order valence-corrected chi connectivity index (χ1v) is 11.0. The van der Waals surface area contributed by atoms with Crippen molar-refractivity contribution >= 4 is 24.0 Å². The first-order chi connectivity index (χ1) is 15.3. The van der Waals surface area contributed by atoms with Gasteiger partial charge in [0.1, 0.15) is 11.5 Å². The molecule has 1 saturated heterocycles. The highest BCUT2D eigenvalue weighted by Gasteiger charge is 2.33. The number of aromatic nitrogens is 2. The molecule has 0 radical (unpaired) electrons. The Bertz CT molecular complexity index is 1020. The molecular formula is C24H30N4O4. The molecule has 0 unspecified atom stereocenters. The van der Waals surface area contributed by atoms with Gasteiger partial charge in [-0.15, -0.1) is 0 Å². The Morgan fingerprint density at radius 2 is 1.94 bits per heavy atom. The average molecular weight is 439 g/mol. The van der Waals surface area contributed by atoms with Gasteiger partial charge in [0.25, 0.3) is 5.91 Å². The molecule has 3 amide bonds. The molecule has 1 aliphatic rings. The Balaban J connectivity index is 1.94. The summed E-state index contributed by atoms with van der Waals surface area (Å²) in [6.07, 6.45) is 7.01. The molecular weight excluding hydrogens is 408 g/mol. The van der Waals surface area contributed by atoms with Crippen molar-refractivity contribution in [1.82, 2.24) is 19.8 Å². The average Bonchev–Trinajstić information content (AvgIpc) is 3.25. The summed E-state index contributed by atoms with van der Waals surface area (Å²) in [6.45, 7) is 7.21. The number of rotatable bonds is 10. The number of hydrogen-bond acceptors (Lipinski definition) is 4. The van der Waals surface area contributed by atoms with Crippen LogP contribution in [0.5, 0.6) is 0 Å². The molecule has 0 spiro atoms. The zero-order valence-corrected chi connectivity index (χ0v) is 18.8. The van der Waals surface area contributed by atoms with Crippen molar-refractivity contribution in [3.05, 3.63) is 58.8 Å². The highest BCUT2D eigenvalue weighted by atomic mass is 16.4. The molecule has 2 heterocycles. The van der Waals surface area contributed by atoms with Gasteiger partial charge in [0.05, 0.1) is 17.5 Å². The number of carbonyl (C=O) groups excluding carboxylic acids is 2. The number of aromatic carboxylic acids is 1. The van der Waals surface area contributed by atoms with E-state index in [-0.39, 0.29) is 5.56 Å². The molecule has 3 rings (SSSR count). The number of aryl methyl sites for hydroxylation is 1. The number of imide groups is 1. The van der Waals surface area contributed by atoms with Crippen molar-refractivity contribution in [3.8, 4) is 0 Å². The Hall–Kier alpha value is -3.42. The standard InChI is InChI=1S/C24H30N4O4/c1-4-5-6-21-25-14-19(28(21)15-17-7-9-18(10-8-17)23(30)31)13-20-22(29)26-24(32)27(20)12-11-16(2)3/h7-10,13-14,16H,4-6,11-12,15H2,1-3H3,(H,30,31)(H,26,29,32)/b20-13+. The molecule has 8 nitrogen and oxygen atoms in total. The van der Waals surface area contributed by atoms with Crippen molar-refractivity contribution in [2.24, 2.45) is 5.92 Å². The normalized spacial score (nSPS) is 15.1. The predicted octanol–water partition coefficient (Wildman–Crippen LogP) is 3.91. The fraction of sp³-hybridized carbons (Fsp3) is 0.417. The molecule has 1 aromatic carbocycles. The summed E-state index contributed by atoms with van der Waals surface area (Å²) in [6, 6.07) is 6.32. The van der Waals surface area contributed by atoms with Crippen LogP contribution in [0, 0.1) is 5.92 Å². The number of carboxylic acid groups (broad SMARTS) is 1. The summed E-state index contributed by atoms with van der Waals surface area (Å²) in [5.41, 5.74) is 2.21. The third-order valence-corrected chi connectivity index (χ3v) is 5.47. The second kappa shape index (κ2) is 10.3. The van der Waals surface area contributed by atoms with Crippen LogP contribution in [-0.4, -0.2) is 44.0 Å². The third kappa shape index (κ3) is 5.43. The number of nitrogens with zero attached hydrogens (tertiary/aromatic N) is 3. The van der Waals surface area contributed by atoms with Gasteiger partial charge in [-0.3, -0.25) is 15.0 Å². The molecule has 0 saturated carbocycles. The minimum atomic E-state index is -0.966. The number of unbranched alkanes of at least 4 members (excludes halogenated alkanes) is 1. The van der Waals surface area contributed by atoms with Gasteiger partial charge in [-0.1, -0.05) is 39.3 Å². The largest absolute Gasteiger partial charge is 0.478 e. The van der Waals surface area contributed by atoms with Crippen molar-refractivity contribution in [3.63, 3.8) is 0 Å². The second-order valence-corrected chi connectivity index (χ2v) is 8.41. The van der Waals surface area contributed by atoms with E-state index in [4.69, 9.17) is 5.11 Å². The molecule has 0 atom stereocenters. The summed E-state index contributed by atoms with van der Waals surface area (Å²) in [5.74, 6) is -0.0850. The summed E-state index contributed by atoms with van der Waals surface area (Å²) < 4.78 is 2.02. The lowest BCUT2D eigenvalue weighted by Crippen LogP contribution is -2.29. The first-order valence-electron chi connectivity index (χ1n) is 11.0. The minimum Gasteiger partial charge on any atom is -0.478 e. The van der Waals surface area contributed by atoms with E-state index in [1.54, 1.807) is 36.5 Å². The molecule has 1 fully saturated rings. The molecule has 1 aromatic heterocycles. The Kier molecular flexibility index (Phi) is 7.45. The van der Waals surface area contributed by atoms with Gasteiger partial charge in [-0.05, 0) is 42.5 Å². The molecule has 2 aromatic rings. The van der Waals surface area contributed by atoms with Crippen LogP contribution < -0.4 is 5.32 Å². The second-order valence-electron chi connectivity index (χ2n) is 8.41. The summed E-state index contributed by atoms with van der Waals surface area (Å²) in [7, 11) is 0. The van der Waals surface area contributed by atoms with E-state index in [2.05, 4.69) is 31.1 Å². The first kappa shape index (κ1) is 23.2. The van der Waals surface area contributed by atoms with Gasteiger partial charge in [0, 0.05) is 19.5 Å². The number of carbonyl (C=O) groups is 3. The molecule has 0 bridgehead atoms. The molecule has 1 aliphatic heterocycles. The van der Waals surface area contributed by atoms with Crippen LogP contribution in [-0.2, 0) is 17.8 Å². The predicted molar refractivity (Wildman–Crippen MR) is 121 cm³/mol. The third-order valence-electron chi connectivity index (χ3n) is 5.47. The van der Waals surface area contributed by atoms with E-state index in [1.165, 1.54) is 4.90 Å². The smallest absolute Gasteiger partial charge is 0.335 e. The molecule has 0 aliphatic carbocycles. The number of urea groups is 1. The number of carboxylic acids is 1. The maximum atomic E-state index is 12.5. The van der Waals surface area contributed by atoms with Crippen LogP contribution in [0.25, 0.3) is 6.08 Å². The molecule has 8 heteroatoms. The lowest BCUT2D eigenvalue weighted by atomic mass is 10.1. The van der Waals surface area contributed by atoms with Gasteiger partial charge in [0.2, 0.25) is 0 Å². The van der Waals surface area contributed by atoms with E-state index in [1.807, 2.05) is 4.57 Å². The maximum Gasteiger partial charge on any atom is 0.335 e. The highest BCUT2D eigenvalue weighted by Crippen LogP contribution is 2.21. The van der Waals surface area contributed by atoms with Crippen molar-refractivity contribution in [1.29, 1.82) is 0 Å². The van der Waals surface area contributed by atoms with Crippen molar-refractivity contribution in [2.45, 2.75) is 53.0 Å². The van der Waals surface area contributed by atoms with Gasteiger partial charge in [-0.25, -0.2) is 14.6 Å². The Morgan fingerprint density at radius 3 is 2.56 bits per heavy atom. The van der Waals surface area contributed by atoms with Crippen molar-refractivity contribution < 1.29 is 19.5 Å². The van der Waals surface area contributed by atoms with Gasteiger partial charge >= 0.3 is 12.0 Å². The van der Waals surface area contributed by atoms with Crippen LogP contribution >= 0.6 is 0 Å².